The van der Waals surface area contributed by atoms with Gasteiger partial charge in [-0.3, -0.25) is 9.48 Å². The van der Waals surface area contributed by atoms with Gasteiger partial charge < -0.3 is 15.7 Å². The molecule has 19 heavy (non-hydrogen) atoms. The van der Waals surface area contributed by atoms with Crippen molar-refractivity contribution in [2.75, 3.05) is 6.54 Å². The minimum atomic E-state index is -0.809. The molecule has 0 unspecified atom stereocenters. The number of hydrogen-bond acceptors (Lipinski definition) is 3. The Morgan fingerprint density at radius 2 is 2.11 bits per heavy atom. The van der Waals surface area contributed by atoms with E-state index < -0.39 is 5.97 Å². The normalized spacial score (nSPS) is 10.2. The number of unbranched alkanes of at least 4 members (excludes halogenated alkanes) is 1. The molecule has 7 nitrogen and oxygen atoms in total. The lowest BCUT2D eigenvalue weighted by molar-refractivity contribution is -0.137. The van der Waals surface area contributed by atoms with Gasteiger partial charge in [0.05, 0.1) is 6.20 Å². The summed E-state index contributed by atoms with van der Waals surface area (Å²) in [6.45, 7) is 2.85. The molecule has 0 aliphatic carbocycles. The van der Waals surface area contributed by atoms with Crippen LogP contribution in [0.1, 0.15) is 30.5 Å². The first kappa shape index (κ1) is 15.0. The van der Waals surface area contributed by atoms with Crippen molar-refractivity contribution in [3.05, 3.63) is 17.5 Å². The molecule has 0 bridgehead atoms. The topological polar surface area (TPSA) is 96.2 Å². The van der Waals surface area contributed by atoms with Crippen LogP contribution in [-0.2, 0) is 18.4 Å². The third-order valence-electron chi connectivity index (χ3n) is 2.88. The highest BCUT2D eigenvalue weighted by atomic mass is 16.4. The second-order valence-corrected chi connectivity index (χ2v) is 4.34. The molecule has 1 aromatic heterocycles. The fraction of sp³-hybridized carbons (Fsp3) is 0.583. The van der Waals surface area contributed by atoms with Gasteiger partial charge in [0, 0.05) is 37.8 Å². The Balaban J connectivity index is 2.14. The van der Waals surface area contributed by atoms with Gasteiger partial charge >= 0.3 is 12.0 Å². The summed E-state index contributed by atoms with van der Waals surface area (Å²) < 4.78 is 1.75. The molecule has 1 heterocycles. The van der Waals surface area contributed by atoms with Gasteiger partial charge in [0.15, 0.2) is 0 Å². The van der Waals surface area contributed by atoms with Crippen molar-refractivity contribution in [2.45, 2.75) is 32.7 Å². The van der Waals surface area contributed by atoms with Crippen LogP contribution in [0.4, 0.5) is 4.79 Å². The van der Waals surface area contributed by atoms with E-state index in [9.17, 15) is 9.59 Å². The number of amides is 2. The molecule has 0 saturated heterocycles. The maximum absolute atomic E-state index is 11.5. The van der Waals surface area contributed by atoms with Crippen molar-refractivity contribution >= 4 is 12.0 Å². The number of nitrogens with one attached hydrogen (secondary N) is 2. The van der Waals surface area contributed by atoms with Crippen molar-refractivity contribution in [3.8, 4) is 0 Å². The van der Waals surface area contributed by atoms with Crippen LogP contribution in [0, 0.1) is 6.92 Å². The predicted octanol–water partition coefficient (Wildman–Crippen LogP) is 0.783. The highest BCUT2D eigenvalue weighted by Crippen LogP contribution is 2.04. The number of rotatable bonds is 7. The molecule has 3 N–H and O–H groups in total. The molecule has 1 rings (SSSR count). The van der Waals surface area contributed by atoms with Crippen molar-refractivity contribution in [2.24, 2.45) is 7.05 Å². The van der Waals surface area contributed by atoms with Gasteiger partial charge in [-0.25, -0.2) is 4.79 Å². The number of carbonyl (C=O) groups excluding carboxylic acids is 1. The molecule has 0 radical (unpaired) electrons. The van der Waals surface area contributed by atoms with E-state index in [-0.39, 0.29) is 12.5 Å². The summed E-state index contributed by atoms with van der Waals surface area (Å²) in [5.41, 5.74) is 1.99. The lowest BCUT2D eigenvalue weighted by Gasteiger charge is -2.07. The molecule has 0 fully saturated rings. The van der Waals surface area contributed by atoms with Crippen LogP contribution in [-0.4, -0.2) is 33.4 Å². The summed E-state index contributed by atoms with van der Waals surface area (Å²) in [5.74, 6) is -0.809. The molecule has 1 aromatic rings. The molecular formula is C12H20N4O3. The zero-order valence-corrected chi connectivity index (χ0v) is 11.3. The van der Waals surface area contributed by atoms with E-state index in [0.717, 1.165) is 11.3 Å². The quantitative estimate of drug-likeness (QED) is 0.637. The molecule has 0 aliphatic heterocycles. The molecule has 7 heteroatoms. The molecular weight excluding hydrogens is 248 g/mol. The first-order valence-corrected chi connectivity index (χ1v) is 6.21. The maximum atomic E-state index is 11.5. The lowest BCUT2D eigenvalue weighted by atomic mass is 10.2. The number of hydrogen-bond donors (Lipinski definition) is 3. The third-order valence-corrected chi connectivity index (χ3v) is 2.88. The molecule has 0 spiro atoms. The summed E-state index contributed by atoms with van der Waals surface area (Å²) in [6.07, 6.45) is 3.09. The largest absolute Gasteiger partial charge is 0.481 e. The summed E-state index contributed by atoms with van der Waals surface area (Å²) in [5, 5.41) is 18.0. The number of carbonyl (C=O) groups is 2. The fourth-order valence-corrected chi connectivity index (χ4v) is 1.56. The highest BCUT2D eigenvalue weighted by molar-refractivity contribution is 5.73. The van der Waals surface area contributed by atoms with E-state index in [1.165, 1.54) is 0 Å². The number of nitrogens with zero attached hydrogens (tertiary/aromatic N) is 2. The second-order valence-electron chi connectivity index (χ2n) is 4.34. The van der Waals surface area contributed by atoms with Crippen molar-refractivity contribution in [1.82, 2.24) is 20.4 Å². The first-order chi connectivity index (χ1) is 9.00. The molecule has 2 amide bonds. The molecule has 0 atom stereocenters. The van der Waals surface area contributed by atoms with Gasteiger partial charge in [0.2, 0.25) is 0 Å². The average molecular weight is 268 g/mol. The number of aliphatic carboxylic acids is 1. The maximum Gasteiger partial charge on any atom is 0.315 e. The number of carboxylic acid groups (broad SMARTS) is 1. The van der Waals surface area contributed by atoms with Gasteiger partial charge in [0.1, 0.15) is 0 Å². The van der Waals surface area contributed by atoms with E-state index in [2.05, 4.69) is 15.7 Å². The summed E-state index contributed by atoms with van der Waals surface area (Å²) in [6, 6.07) is -0.251. The Bertz CT molecular complexity index is 442. The minimum Gasteiger partial charge on any atom is -0.481 e. The van der Waals surface area contributed by atoms with Crippen LogP contribution in [0.15, 0.2) is 6.20 Å². The van der Waals surface area contributed by atoms with E-state index in [4.69, 9.17) is 5.11 Å². The van der Waals surface area contributed by atoms with Crippen molar-refractivity contribution in [1.29, 1.82) is 0 Å². The Labute approximate surface area is 112 Å². The van der Waals surface area contributed by atoms with E-state index >= 15 is 0 Å². The van der Waals surface area contributed by atoms with Crippen molar-refractivity contribution < 1.29 is 14.7 Å². The van der Waals surface area contributed by atoms with Crippen LogP contribution in [0.5, 0.6) is 0 Å². The predicted molar refractivity (Wildman–Crippen MR) is 69.7 cm³/mol. The molecule has 0 saturated carbocycles. The number of urea groups is 1. The molecule has 0 aromatic carbocycles. The highest BCUT2D eigenvalue weighted by Gasteiger charge is 2.05. The second kappa shape index (κ2) is 7.40. The standard InChI is InChI=1S/C12H20N4O3/c1-9-10(8-15-16(9)2)7-14-12(19)13-6-4-3-5-11(17)18/h8H,3-7H2,1-2H3,(H,17,18)(H2,13,14,19). The summed E-state index contributed by atoms with van der Waals surface area (Å²) >= 11 is 0. The average Bonchev–Trinajstić information content (AvgIpc) is 2.67. The lowest BCUT2D eigenvalue weighted by Crippen LogP contribution is -2.35. The molecule has 106 valence electrons. The van der Waals surface area contributed by atoms with Gasteiger partial charge in [0.25, 0.3) is 0 Å². The number of aromatic nitrogens is 2. The number of aryl methyl sites for hydroxylation is 1. The Kier molecular flexibility index (Phi) is 5.84. The van der Waals surface area contributed by atoms with Crippen LogP contribution < -0.4 is 10.6 Å². The Hall–Kier alpha value is -2.05. The van der Waals surface area contributed by atoms with Crippen LogP contribution in [0.25, 0.3) is 0 Å². The van der Waals surface area contributed by atoms with E-state index in [0.29, 0.717) is 25.9 Å². The summed E-state index contributed by atoms with van der Waals surface area (Å²) in [7, 11) is 1.85. The van der Waals surface area contributed by atoms with Gasteiger partial charge in [-0.15, -0.1) is 0 Å². The smallest absolute Gasteiger partial charge is 0.315 e. The van der Waals surface area contributed by atoms with Crippen molar-refractivity contribution in [3.63, 3.8) is 0 Å². The molecule has 0 aliphatic rings. The van der Waals surface area contributed by atoms with Crippen LogP contribution >= 0.6 is 0 Å². The zero-order valence-electron chi connectivity index (χ0n) is 11.3. The third kappa shape index (κ3) is 5.41. The fourth-order valence-electron chi connectivity index (χ4n) is 1.56. The SMILES string of the molecule is Cc1c(CNC(=O)NCCCCC(=O)O)cnn1C. The number of carboxylic acids is 1. The van der Waals surface area contributed by atoms with Gasteiger partial charge in [-0.1, -0.05) is 0 Å². The van der Waals surface area contributed by atoms with E-state index in [1.807, 2.05) is 14.0 Å². The van der Waals surface area contributed by atoms with Gasteiger partial charge in [-0.2, -0.15) is 5.10 Å². The monoisotopic (exact) mass is 268 g/mol. The van der Waals surface area contributed by atoms with Crippen LogP contribution in [0.2, 0.25) is 0 Å². The van der Waals surface area contributed by atoms with E-state index in [1.54, 1.807) is 10.9 Å². The first-order valence-electron chi connectivity index (χ1n) is 6.21. The van der Waals surface area contributed by atoms with Gasteiger partial charge in [-0.05, 0) is 19.8 Å². The Morgan fingerprint density at radius 3 is 2.68 bits per heavy atom. The summed E-state index contributed by atoms with van der Waals surface area (Å²) in [4.78, 5) is 21.7. The van der Waals surface area contributed by atoms with Crippen LogP contribution in [0.3, 0.4) is 0 Å². The minimum absolute atomic E-state index is 0.137. The zero-order chi connectivity index (χ0) is 14.3. The Morgan fingerprint density at radius 1 is 1.37 bits per heavy atom.